The molecular weight excluding hydrogens is 297 g/mol. The average molecular weight is 314 g/mol. The second-order valence-corrected chi connectivity index (χ2v) is 5.68. The standard InChI is InChI=1S/C14H17Cl2N3O/c1-3-11(8(2)17)14-18-13(19-20-14)6-9-4-5-10(15)7-12(9)16/h4-5,7-8,11H,3,6,17H2,1-2H3. The predicted octanol–water partition coefficient (Wildman–Crippen LogP) is 3.81. The average Bonchev–Trinajstić information content (AvgIpc) is 2.81. The van der Waals surface area contributed by atoms with Crippen LogP contribution in [0.1, 0.15) is 43.5 Å². The molecule has 108 valence electrons. The molecule has 0 fully saturated rings. The van der Waals surface area contributed by atoms with Gasteiger partial charge in [0.25, 0.3) is 0 Å². The summed E-state index contributed by atoms with van der Waals surface area (Å²) in [5.74, 6) is 1.27. The monoisotopic (exact) mass is 313 g/mol. The van der Waals surface area contributed by atoms with Crippen molar-refractivity contribution in [1.29, 1.82) is 0 Å². The van der Waals surface area contributed by atoms with Gasteiger partial charge in [-0.2, -0.15) is 4.98 Å². The molecule has 0 aliphatic heterocycles. The van der Waals surface area contributed by atoms with Crippen molar-refractivity contribution in [2.75, 3.05) is 0 Å². The van der Waals surface area contributed by atoms with Gasteiger partial charge in [-0.15, -0.1) is 0 Å². The van der Waals surface area contributed by atoms with Gasteiger partial charge in [0, 0.05) is 22.5 Å². The van der Waals surface area contributed by atoms with E-state index in [0.29, 0.717) is 28.2 Å². The number of rotatable bonds is 5. The highest BCUT2D eigenvalue weighted by Crippen LogP contribution is 2.24. The topological polar surface area (TPSA) is 64.9 Å². The molecule has 1 aromatic carbocycles. The van der Waals surface area contributed by atoms with Crippen LogP contribution in [0.25, 0.3) is 0 Å². The summed E-state index contributed by atoms with van der Waals surface area (Å²) in [7, 11) is 0. The normalized spacial score (nSPS) is 14.2. The maximum atomic E-state index is 6.14. The van der Waals surface area contributed by atoms with Crippen molar-refractivity contribution in [3.63, 3.8) is 0 Å². The fourth-order valence-corrected chi connectivity index (χ4v) is 2.57. The maximum Gasteiger partial charge on any atom is 0.231 e. The minimum absolute atomic E-state index is 0.0209. The van der Waals surface area contributed by atoms with E-state index >= 15 is 0 Å². The van der Waals surface area contributed by atoms with Gasteiger partial charge in [-0.3, -0.25) is 0 Å². The van der Waals surface area contributed by atoms with Crippen LogP contribution >= 0.6 is 23.2 Å². The minimum atomic E-state index is -0.0209. The minimum Gasteiger partial charge on any atom is -0.339 e. The molecule has 0 spiro atoms. The van der Waals surface area contributed by atoms with E-state index in [4.69, 9.17) is 33.5 Å². The Labute approximate surface area is 128 Å². The molecule has 0 saturated carbocycles. The highest BCUT2D eigenvalue weighted by Gasteiger charge is 2.21. The number of benzene rings is 1. The number of hydrogen-bond donors (Lipinski definition) is 1. The van der Waals surface area contributed by atoms with Crippen LogP contribution in [0.5, 0.6) is 0 Å². The fraction of sp³-hybridized carbons (Fsp3) is 0.429. The van der Waals surface area contributed by atoms with Crippen LogP contribution in [-0.4, -0.2) is 16.2 Å². The highest BCUT2D eigenvalue weighted by atomic mass is 35.5. The first-order valence-electron chi connectivity index (χ1n) is 6.53. The van der Waals surface area contributed by atoms with Crippen molar-refractivity contribution in [3.05, 3.63) is 45.5 Å². The Morgan fingerprint density at radius 2 is 2.10 bits per heavy atom. The SMILES string of the molecule is CCC(c1nc(Cc2ccc(Cl)cc2Cl)no1)C(C)N. The molecule has 4 nitrogen and oxygen atoms in total. The zero-order valence-corrected chi connectivity index (χ0v) is 12.9. The summed E-state index contributed by atoms with van der Waals surface area (Å²) in [6.07, 6.45) is 1.37. The Kier molecular flexibility index (Phi) is 5.02. The van der Waals surface area contributed by atoms with E-state index in [1.165, 1.54) is 0 Å². The lowest BCUT2D eigenvalue weighted by molar-refractivity contribution is 0.331. The summed E-state index contributed by atoms with van der Waals surface area (Å²) >= 11 is 12.0. The lowest BCUT2D eigenvalue weighted by atomic mass is 9.99. The number of halogens is 2. The summed E-state index contributed by atoms with van der Waals surface area (Å²) in [4.78, 5) is 4.41. The Bertz CT molecular complexity index is 584. The summed E-state index contributed by atoms with van der Waals surface area (Å²) in [6.45, 7) is 3.99. The number of nitrogens with zero attached hydrogens (tertiary/aromatic N) is 2. The molecule has 2 aromatic rings. The molecule has 6 heteroatoms. The van der Waals surface area contributed by atoms with Crippen LogP contribution < -0.4 is 5.73 Å². The Morgan fingerprint density at radius 1 is 1.35 bits per heavy atom. The van der Waals surface area contributed by atoms with E-state index in [2.05, 4.69) is 10.1 Å². The summed E-state index contributed by atoms with van der Waals surface area (Å²) in [6, 6.07) is 5.34. The van der Waals surface area contributed by atoms with Gasteiger partial charge in [0.15, 0.2) is 5.82 Å². The van der Waals surface area contributed by atoms with Gasteiger partial charge in [-0.25, -0.2) is 0 Å². The van der Waals surface area contributed by atoms with Gasteiger partial charge >= 0.3 is 0 Å². The molecule has 0 radical (unpaired) electrons. The lowest BCUT2D eigenvalue weighted by Crippen LogP contribution is -2.24. The van der Waals surface area contributed by atoms with E-state index in [0.717, 1.165) is 12.0 Å². The second-order valence-electron chi connectivity index (χ2n) is 4.84. The zero-order valence-electron chi connectivity index (χ0n) is 11.4. The maximum absolute atomic E-state index is 6.14. The molecule has 0 aliphatic carbocycles. The smallest absolute Gasteiger partial charge is 0.231 e. The predicted molar refractivity (Wildman–Crippen MR) is 80.2 cm³/mol. The van der Waals surface area contributed by atoms with Crippen molar-refractivity contribution in [1.82, 2.24) is 10.1 Å². The van der Waals surface area contributed by atoms with Crippen LogP contribution in [0.3, 0.4) is 0 Å². The van der Waals surface area contributed by atoms with Crippen molar-refractivity contribution in [2.45, 2.75) is 38.6 Å². The molecule has 2 rings (SSSR count). The van der Waals surface area contributed by atoms with Gasteiger partial charge in [0.1, 0.15) is 0 Å². The summed E-state index contributed by atoms with van der Waals surface area (Å²) in [5, 5.41) is 5.20. The molecule has 2 N–H and O–H groups in total. The molecule has 0 saturated heterocycles. The fourth-order valence-electron chi connectivity index (χ4n) is 2.10. The molecule has 2 atom stereocenters. The first-order valence-corrected chi connectivity index (χ1v) is 7.28. The molecule has 1 aromatic heterocycles. The van der Waals surface area contributed by atoms with Gasteiger partial charge in [-0.05, 0) is 31.0 Å². The van der Waals surface area contributed by atoms with Gasteiger partial charge < -0.3 is 10.3 Å². The van der Waals surface area contributed by atoms with Crippen LogP contribution in [0.4, 0.5) is 0 Å². The molecule has 1 heterocycles. The molecule has 0 bridgehead atoms. The van der Waals surface area contributed by atoms with Crippen LogP contribution in [0.15, 0.2) is 22.7 Å². The lowest BCUT2D eigenvalue weighted by Gasteiger charge is -2.13. The van der Waals surface area contributed by atoms with E-state index in [9.17, 15) is 0 Å². The third kappa shape index (κ3) is 3.51. The number of hydrogen-bond acceptors (Lipinski definition) is 4. The van der Waals surface area contributed by atoms with E-state index in [1.807, 2.05) is 19.9 Å². The van der Waals surface area contributed by atoms with Gasteiger partial charge in [-0.1, -0.05) is 41.3 Å². The van der Waals surface area contributed by atoms with Gasteiger partial charge in [0.2, 0.25) is 5.89 Å². The molecule has 0 amide bonds. The van der Waals surface area contributed by atoms with E-state index in [-0.39, 0.29) is 12.0 Å². The van der Waals surface area contributed by atoms with Crippen molar-refractivity contribution in [3.8, 4) is 0 Å². The Hall–Kier alpha value is -1.10. The second kappa shape index (κ2) is 6.57. The van der Waals surface area contributed by atoms with Crippen LogP contribution in [-0.2, 0) is 6.42 Å². The molecule has 0 aliphatic rings. The zero-order chi connectivity index (χ0) is 14.7. The molecule has 2 unspecified atom stereocenters. The molecule has 20 heavy (non-hydrogen) atoms. The highest BCUT2D eigenvalue weighted by molar-refractivity contribution is 6.35. The van der Waals surface area contributed by atoms with Crippen molar-refractivity contribution in [2.24, 2.45) is 5.73 Å². The summed E-state index contributed by atoms with van der Waals surface area (Å²) in [5.41, 5.74) is 6.83. The first kappa shape index (κ1) is 15.3. The van der Waals surface area contributed by atoms with Crippen LogP contribution in [0, 0.1) is 0 Å². The largest absolute Gasteiger partial charge is 0.339 e. The van der Waals surface area contributed by atoms with Gasteiger partial charge in [0.05, 0.1) is 5.92 Å². The third-order valence-corrected chi connectivity index (χ3v) is 3.83. The number of aromatic nitrogens is 2. The first-order chi connectivity index (χ1) is 9.51. The quantitative estimate of drug-likeness (QED) is 0.911. The summed E-state index contributed by atoms with van der Waals surface area (Å²) < 4.78 is 5.30. The Balaban J connectivity index is 2.17. The number of nitrogens with two attached hydrogens (primary N) is 1. The van der Waals surface area contributed by atoms with Crippen molar-refractivity contribution >= 4 is 23.2 Å². The third-order valence-electron chi connectivity index (χ3n) is 3.24. The Morgan fingerprint density at radius 3 is 2.70 bits per heavy atom. The van der Waals surface area contributed by atoms with E-state index in [1.54, 1.807) is 12.1 Å². The van der Waals surface area contributed by atoms with Crippen molar-refractivity contribution < 1.29 is 4.52 Å². The molecular formula is C14H17Cl2N3O. The van der Waals surface area contributed by atoms with Crippen LogP contribution in [0.2, 0.25) is 10.0 Å². The van der Waals surface area contributed by atoms with E-state index < -0.39 is 0 Å².